The summed E-state index contributed by atoms with van der Waals surface area (Å²) in [7, 11) is 1.93. The molecule has 0 aromatic carbocycles. The summed E-state index contributed by atoms with van der Waals surface area (Å²) in [6.45, 7) is 2.88. The largest absolute Gasteiger partial charge is 0.335 e. The van der Waals surface area contributed by atoms with Crippen LogP contribution in [0, 0.1) is 11.7 Å². The maximum absolute atomic E-state index is 5.18. The minimum Gasteiger partial charge on any atom is -0.335 e. The summed E-state index contributed by atoms with van der Waals surface area (Å²) in [5.41, 5.74) is 2.19. The van der Waals surface area contributed by atoms with Crippen LogP contribution in [0.15, 0.2) is 18.5 Å². The highest BCUT2D eigenvalue weighted by molar-refractivity contribution is 7.71. The van der Waals surface area contributed by atoms with Crippen LogP contribution >= 0.6 is 12.2 Å². The van der Waals surface area contributed by atoms with Crippen molar-refractivity contribution in [1.82, 2.24) is 19.3 Å². The molecule has 5 heteroatoms. The molecule has 2 rings (SSSR count). The van der Waals surface area contributed by atoms with E-state index in [1.54, 1.807) is 0 Å². The van der Waals surface area contributed by atoms with Crippen molar-refractivity contribution in [1.29, 1.82) is 0 Å². The summed E-state index contributed by atoms with van der Waals surface area (Å²) < 4.78 is 4.64. The Morgan fingerprint density at radius 2 is 2.33 bits per heavy atom. The average molecular weight is 222 g/mol. The third-order valence-electron chi connectivity index (χ3n) is 2.29. The molecule has 0 fully saturated rings. The molecule has 0 saturated carbocycles. The van der Waals surface area contributed by atoms with Gasteiger partial charge in [-0.05, 0) is 25.2 Å². The highest BCUT2D eigenvalue weighted by Crippen LogP contribution is 2.01. The monoisotopic (exact) mass is 222 g/mol. The van der Waals surface area contributed by atoms with Crippen LogP contribution in [0.4, 0.5) is 0 Å². The Morgan fingerprint density at radius 1 is 1.53 bits per heavy atom. The molecule has 0 unspecified atom stereocenters. The number of aromatic amines is 1. The number of aryl methyl sites for hydroxylation is 4. The van der Waals surface area contributed by atoms with Crippen LogP contribution in [0.2, 0.25) is 0 Å². The zero-order valence-corrected chi connectivity index (χ0v) is 9.71. The van der Waals surface area contributed by atoms with Gasteiger partial charge in [-0.15, -0.1) is 0 Å². The first-order valence-electron chi connectivity index (χ1n) is 4.90. The molecule has 2 heterocycles. The quantitative estimate of drug-likeness (QED) is 0.805. The molecule has 1 N–H and O–H groups in total. The van der Waals surface area contributed by atoms with Gasteiger partial charge in [-0.2, -0.15) is 5.10 Å². The minimum atomic E-state index is 0.781. The maximum Gasteiger partial charge on any atom is 0.177 e. The van der Waals surface area contributed by atoms with Gasteiger partial charge in [0.25, 0.3) is 0 Å². The van der Waals surface area contributed by atoms with Crippen LogP contribution < -0.4 is 0 Å². The van der Waals surface area contributed by atoms with Crippen molar-refractivity contribution < 1.29 is 0 Å². The average Bonchev–Trinajstić information content (AvgIpc) is 2.70. The minimum absolute atomic E-state index is 0.781. The number of aromatic nitrogens is 4. The van der Waals surface area contributed by atoms with E-state index in [0.29, 0.717) is 0 Å². The number of nitrogens with zero attached hydrogens (tertiary/aromatic N) is 3. The molecule has 2 aromatic heterocycles. The van der Waals surface area contributed by atoms with Gasteiger partial charge in [-0.25, -0.2) is 0 Å². The first kappa shape index (κ1) is 10.2. The van der Waals surface area contributed by atoms with E-state index in [1.165, 1.54) is 0 Å². The summed E-state index contributed by atoms with van der Waals surface area (Å²) in [4.78, 5) is 3.10. The summed E-state index contributed by atoms with van der Waals surface area (Å²) in [5, 5.41) is 4.32. The molecule has 2 aromatic rings. The van der Waals surface area contributed by atoms with Crippen molar-refractivity contribution in [2.75, 3.05) is 0 Å². The van der Waals surface area contributed by atoms with Gasteiger partial charge in [0.1, 0.15) is 0 Å². The summed E-state index contributed by atoms with van der Waals surface area (Å²) >= 11 is 5.18. The molecule has 0 atom stereocenters. The van der Waals surface area contributed by atoms with E-state index in [4.69, 9.17) is 12.2 Å². The van der Waals surface area contributed by atoms with Gasteiger partial charge in [0.05, 0.1) is 5.69 Å². The predicted molar refractivity (Wildman–Crippen MR) is 61.3 cm³/mol. The zero-order valence-electron chi connectivity index (χ0n) is 8.90. The first-order chi connectivity index (χ1) is 7.15. The standard InChI is InChI=1S/C10H14N4S/c1-8-7-14(10(15)11-8)6-4-9-3-5-13(2)12-9/h3,5,7H,4,6H2,1-2H3,(H,11,15). The SMILES string of the molecule is Cc1cn(CCc2ccn(C)n2)c(=S)[nH]1. The lowest BCUT2D eigenvalue weighted by molar-refractivity contribution is 0.658. The van der Waals surface area contributed by atoms with Gasteiger partial charge >= 0.3 is 0 Å². The molecule has 4 nitrogen and oxygen atoms in total. The normalized spacial score (nSPS) is 10.8. The lowest BCUT2D eigenvalue weighted by Crippen LogP contribution is -2.01. The third-order valence-corrected chi connectivity index (χ3v) is 2.63. The van der Waals surface area contributed by atoms with Crippen molar-refractivity contribution in [2.24, 2.45) is 7.05 Å². The van der Waals surface area contributed by atoms with E-state index >= 15 is 0 Å². The summed E-state index contributed by atoms with van der Waals surface area (Å²) in [6.07, 6.45) is 4.90. The molecular formula is C10H14N4S. The van der Waals surface area contributed by atoms with Crippen LogP contribution in [-0.4, -0.2) is 19.3 Å². The van der Waals surface area contributed by atoms with E-state index in [9.17, 15) is 0 Å². The number of imidazole rings is 1. The van der Waals surface area contributed by atoms with E-state index in [2.05, 4.69) is 10.1 Å². The summed E-state index contributed by atoms with van der Waals surface area (Å²) in [5.74, 6) is 0. The van der Waals surface area contributed by atoms with Crippen molar-refractivity contribution in [2.45, 2.75) is 19.9 Å². The topological polar surface area (TPSA) is 38.5 Å². The van der Waals surface area contributed by atoms with Crippen molar-refractivity contribution in [3.63, 3.8) is 0 Å². The smallest absolute Gasteiger partial charge is 0.177 e. The molecule has 0 aliphatic heterocycles. The molecule has 0 amide bonds. The zero-order chi connectivity index (χ0) is 10.8. The lowest BCUT2D eigenvalue weighted by Gasteiger charge is -1.99. The van der Waals surface area contributed by atoms with E-state index in [-0.39, 0.29) is 0 Å². The molecule has 15 heavy (non-hydrogen) atoms. The highest BCUT2D eigenvalue weighted by atomic mass is 32.1. The molecule has 80 valence electrons. The van der Waals surface area contributed by atoms with Crippen LogP contribution in [0.25, 0.3) is 0 Å². The number of nitrogens with one attached hydrogen (secondary N) is 1. The van der Waals surface area contributed by atoms with E-state index in [0.717, 1.165) is 29.1 Å². The van der Waals surface area contributed by atoms with Gasteiger partial charge < -0.3 is 9.55 Å². The fourth-order valence-electron chi connectivity index (χ4n) is 1.56. The second kappa shape index (κ2) is 4.02. The first-order valence-corrected chi connectivity index (χ1v) is 5.30. The second-order valence-corrected chi connectivity index (χ2v) is 4.05. The van der Waals surface area contributed by atoms with Crippen LogP contribution in [0.3, 0.4) is 0 Å². The van der Waals surface area contributed by atoms with Crippen LogP contribution in [-0.2, 0) is 20.0 Å². The van der Waals surface area contributed by atoms with Crippen LogP contribution in [0.1, 0.15) is 11.4 Å². The Kier molecular flexibility index (Phi) is 2.73. The van der Waals surface area contributed by atoms with Gasteiger partial charge in [0, 0.05) is 38.1 Å². The Labute approximate surface area is 93.6 Å². The highest BCUT2D eigenvalue weighted by Gasteiger charge is 1.99. The van der Waals surface area contributed by atoms with Crippen molar-refractivity contribution in [3.05, 3.63) is 34.6 Å². The van der Waals surface area contributed by atoms with Gasteiger partial charge in [0.15, 0.2) is 4.77 Å². The Hall–Kier alpha value is -1.36. The number of H-pyrrole nitrogens is 1. The molecule has 0 aliphatic rings. The third kappa shape index (κ3) is 2.36. The summed E-state index contributed by atoms with van der Waals surface area (Å²) in [6, 6.07) is 2.03. The molecular weight excluding hydrogens is 208 g/mol. The fourth-order valence-corrected chi connectivity index (χ4v) is 1.87. The molecule has 0 aliphatic carbocycles. The van der Waals surface area contributed by atoms with Gasteiger partial charge in [-0.3, -0.25) is 4.68 Å². The molecule has 0 radical (unpaired) electrons. The predicted octanol–water partition coefficient (Wildman–Crippen LogP) is 1.83. The fraction of sp³-hybridized carbons (Fsp3) is 0.400. The maximum atomic E-state index is 5.18. The molecule has 0 bridgehead atoms. The molecule has 0 saturated heterocycles. The van der Waals surface area contributed by atoms with Gasteiger partial charge in [-0.1, -0.05) is 0 Å². The van der Waals surface area contributed by atoms with Gasteiger partial charge in [0.2, 0.25) is 0 Å². The number of rotatable bonds is 3. The van der Waals surface area contributed by atoms with Crippen molar-refractivity contribution in [3.8, 4) is 0 Å². The van der Waals surface area contributed by atoms with E-state index in [1.807, 2.05) is 41.7 Å². The Morgan fingerprint density at radius 3 is 2.87 bits per heavy atom. The number of hydrogen-bond donors (Lipinski definition) is 1. The Bertz CT molecular complexity index is 505. The lowest BCUT2D eigenvalue weighted by atomic mass is 10.3. The number of hydrogen-bond acceptors (Lipinski definition) is 2. The van der Waals surface area contributed by atoms with Crippen LogP contribution in [0.5, 0.6) is 0 Å². The van der Waals surface area contributed by atoms with E-state index < -0.39 is 0 Å². The van der Waals surface area contributed by atoms with Crippen molar-refractivity contribution >= 4 is 12.2 Å². The second-order valence-electron chi connectivity index (χ2n) is 3.67. The Balaban J connectivity index is 2.05. The molecule has 0 spiro atoms.